The number of hydrogen-bond donors (Lipinski definition) is 4. The highest BCUT2D eigenvalue weighted by atomic mass is 16.3. The topological polar surface area (TPSA) is 80.9 Å². The van der Waals surface area contributed by atoms with Crippen molar-refractivity contribution in [3.05, 3.63) is 81.9 Å². The fraction of sp³-hybridized carbons (Fsp3) is 0.280. The van der Waals surface area contributed by atoms with E-state index in [2.05, 4.69) is 45.0 Å². The van der Waals surface area contributed by atoms with Gasteiger partial charge in [-0.1, -0.05) is 45.0 Å². The lowest BCUT2D eigenvalue weighted by molar-refractivity contribution is 0.401. The highest BCUT2D eigenvalue weighted by Crippen LogP contribution is 2.42. The molecule has 0 atom stereocenters. The molecule has 3 aromatic rings. The van der Waals surface area contributed by atoms with Crippen molar-refractivity contribution < 1.29 is 20.4 Å². The second kappa shape index (κ2) is 7.36. The second-order valence-electron chi connectivity index (χ2n) is 8.70. The summed E-state index contributed by atoms with van der Waals surface area (Å²) in [4.78, 5) is 0. The van der Waals surface area contributed by atoms with Crippen LogP contribution in [-0.4, -0.2) is 20.4 Å². The molecule has 0 spiro atoms. The second-order valence-corrected chi connectivity index (χ2v) is 8.70. The molecule has 0 aromatic heterocycles. The van der Waals surface area contributed by atoms with Crippen molar-refractivity contribution in [2.45, 2.75) is 46.0 Å². The first kappa shape index (κ1) is 20.6. The zero-order valence-corrected chi connectivity index (χ0v) is 17.5. The summed E-state index contributed by atoms with van der Waals surface area (Å²) in [5.74, 6) is -1.01. The van der Waals surface area contributed by atoms with Crippen molar-refractivity contribution >= 4 is 0 Å². The summed E-state index contributed by atoms with van der Waals surface area (Å²) in [5.41, 5.74) is 5.48. The Bertz CT molecular complexity index is 986. The van der Waals surface area contributed by atoms with E-state index in [-0.39, 0.29) is 34.3 Å². The molecule has 4 nitrogen and oxygen atoms in total. The van der Waals surface area contributed by atoms with E-state index in [0.29, 0.717) is 0 Å². The van der Waals surface area contributed by atoms with Gasteiger partial charge in [0.1, 0.15) is 0 Å². The average Bonchev–Trinajstić information content (AvgIpc) is 2.63. The first-order valence-electron chi connectivity index (χ1n) is 9.64. The minimum Gasteiger partial charge on any atom is -0.504 e. The van der Waals surface area contributed by atoms with Crippen LogP contribution in [0.5, 0.6) is 23.0 Å². The fourth-order valence-electron chi connectivity index (χ4n) is 3.72. The van der Waals surface area contributed by atoms with Gasteiger partial charge in [-0.2, -0.15) is 0 Å². The van der Waals surface area contributed by atoms with E-state index in [1.165, 1.54) is 17.7 Å². The van der Waals surface area contributed by atoms with Crippen LogP contribution >= 0.6 is 0 Å². The van der Waals surface area contributed by atoms with Crippen LogP contribution in [0.4, 0.5) is 0 Å². The lowest BCUT2D eigenvalue weighted by atomic mass is 9.79. The Morgan fingerprint density at radius 3 is 1.38 bits per heavy atom. The molecule has 3 aromatic carbocycles. The number of phenols is 4. The van der Waals surface area contributed by atoms with E-state index in [4.69, 9.17) is 0 Å². The van der Waals surface area contributed by atoms with Crippen LogP contribution in [0, 0.1) is 13.8 Å². The molecule has 0 aliphatic carbocycles. The van der Waals surface area contributed by atoms with Gasteiger partial charge in [0.25, 0.3) is 0 Å². The summed E-state index contributed by atoms with van der Waals surface area (Å²) in [6.07, 6.45) is 0. The van der Waals surface area contributed by atoms with Crippen molar-refractivity contribution in [3.63, 3.8) is 0 Å². The average molecular weight is 392 g/mol. The Morgan fingerprint density at radius 2 is 1.00 bits per heavy atom. The van der Waals surface area contributed by atoms with Gasteiger partial charge in [0.15, 0.2) is 23.0 Å². The molecule has 0 unspecified atom stereocenters. The molecule has 0 saturated heterocycles. The van der Waals surface area contributed by atoms with Gasteiger partial charge in [0.05, 0.1) is 0 Å². The van der Waals surface area contributed by atoms with Crippen LogP contribution in [-0.2, 0) is 5.41 Å². The first-order chi connectivity index (χ1) is 13.5. The molecule has 0 fully saturated rings. The van der Waals surface area contributed by atoms with E-state index < -0.39 is 0 Å². The molecule has 29 heavy (non-hydrogen) atoms. The highest BCUT2D eigenvalue weighted by molar-refractivity contribution is 5.57. The van der Waals surface area contributed by atoms with Crippen LogP contribution in [0.2, 0.25) is 0 Å². The number of aromatic hydroxyl groups is 4. The number of aryl methyl sites for hydroxylation is 2. The third-order valence-electron chi connectivity index (χ3n) is 5.46. The van der Waals surface area contributed by atoms with Gasteiger partial charge < -0.3 is 20.4 Å². The summed E-state index contributed by atoms with van der Waals surface area (Å²) in [7, 11) is 0. The maximum atomic E-state index is 10.1. The summed E-state index contributed by atoms with van der Waals surface area (Å²) in [6, 6.07) is 14.5. The van der Waals surface area contributed by atoms with Crippen molar-refractivity contribution in [3.8, 4) is 23.0 Å². The van der Waals surface area contributed by atoms with Crippen LogP contribution in [0.1, 0.15) is 60.1 Å². The van der Waals surface area contributed by atoms with E-state index in [9.17, 15) is 20.4 Å². The quantitative estimate of drug-likeness (QED) is 0.345. The SMILES string of the molecule is Cc1cc(O)c(O)cc1C(c1ccc(C(C)(C)C)cc1)c1cc(O)c(O)cc1C. The van der Waals surface area contributed by atoms with Crippen LogP contribution in [0.25, 0.3) is 0 Å². The Morgan fingerprint density at radius 1 is 0.621 bits per heavy atom. The molecular formula is C25H28O4. The van der Waals surface area contributed by atoms with Gasteiger partial charge in [0, 0.05) is 5.92 Å². The van der Waals surface area contributed by atoms with E-state index in [0.717, 1.165) is 27.8 Å². The Balaban J connectivity index is 2.26. The maximum Gasteiger partial charge on any atom is 0.157 e. The highest BCUT2D eigenvalue weighted by Gasteiger charge is 2.24. The third-order valence-corrected chi connectivity index (χ3v) is 5.46. The third kappa shape index (κ3) is 4.02. The molecule has 4 N–H and O–H groups in total. The number of rotatable bonds is 3. The molecule has 4 heteroatoms. The molecule has 152 valence electrons. The van der Waals surface area contributed by atoms with Gasteiger partial charge in [-0.25, -0.2) is 0 Å². The maximum absolute atomic E-state index is 10.1. The van der Waals surface area contributed by atoms with E-state index >= 15 is 0 Å². The predicted octanol–water partition coefficient (Wildman–Crippen LogP) is 5.60. The molecule has 0 aliphatic rings. The van der Waals surface area contributed by atoms with Crippen LogP contribution < -0.4 is 0 Å². The first-order valence-corrected chi connectivity index (χ1v) is 9.64. The number of hydrogen-bond acceptors (Lipinski definition) is 4. The summed E-state index contributed by atoms with van der Waals surface area (Å²) in [5, 5.41) is 40.1. The molecule has 0 amide bonds. The van der Waals surface area contributed by atoms with Crippen molar-refractivity contribution in [2.75, 3.05) is 0 Å². The summed E-state index contributed by atoms with van der Waals surface area (Å²) < 4.78 is 0. The molecule has 0 bridgehead atoms. The van der Waals surface area contributed by atoms with Gasteiger partial charge in [0.2, 0.25) is 0 Å². The Labute approximate surface area is 171 Å². The van der Waals surface area contributed by atoms with Crippen molar-refractivity contribution in [1.82, 2.24) is 0 Å². The lowest BCUT2D eigenvalue weighted by Gasteiger charge is -2.25. The zero-order chi connectivity index (χ0) is 21.5. The normalized spacial score (nSPS) is 11.8. The van der Waals surface area contributed by atoms with Gasteiger partial charge in [-0.05, 0) is 76.9 Å². The zero-order valence-electron chi connectivity index (χ0n) is 17.5. The van der Waals surface area contributed by atoms with Gasteiger partial charge in [-0.15, -0.1) is 0 Å². The minimum absolute atomic E-state index is 0.0213. The Hall–Kier alpha value is -3.14. The number of benzene rings is 3. The summed E-state index contributed by atoms with van der Waals surface area (Å²) >= 11 is 0. The van der Waals surface area contributed by atoms with E-state index in [1.807, 2.05) is 13.8 Å². The van der Waals surface area contributed by atoms with Crippen molar-refractivity contribution in [2.24, 2.45) is 0 Å². The molecule has 0 heterocycles. The van der Waals surface area contributed by atoms with Gasteiger partial charge >= 0.3 is 0 Å². The molecule has 0 saturated carbocycles. The molecule has 0 radical (unpaired) electrons. The standard InChI is InChI=1S/C25H28O4/c1-14-10-20(26)22(28)12-18(14)24(19-13-23(29)21(27)11-15(19)2)16-6-8-17(9-7-16)25(3,4)5/h6-13,24,26-29H,1-5H3. The van der Waals surface area contributed by atoms with Crippen LogP contribution in [0.3, 0.4) is 0 Å². The number of phenolic OH excluding ortho intramolecular Hbond substituents is 4. The molecule has 0 aliphatic heterocycles. The van der Waals surface area contributed by atoms with Crippen molar-refractivity contribution in [1.29, 1.82) is 0 Å². The Kier molecular flexibility index (Phi) is 5.22. The van der Waals surface area contributed by atoms with E-state index in [1.54, 1.807) is 12.1 Å². The monoisotopic (exact) mass is 392 g/mol. The molecular weight excluding hydrogens is 364 g/mol. The molecule has 3 rings (SSSR count). The smallest absolute Gasteiger partial charge is 0.157 e. The van der Waals surface area contributed by atoms with Crippen LogP contribution in [0.15, 0.2) is 48.5 Å². The largest absolute Gasteiger partial charge is 0.504 e. The predicted molar refractivity (Wildman–Crippen MR) is 115 cm³/mol. The lowest BCUT2D eigenvalue weighted by Crippen LogP contribution is -2.12. The summed E-state index contributed by atoms with van der Waals surface area (Å²) in [6.45, 7) is 10.2. The fourth-order valence-corrected chi connectivity index (χ4v) is 3.72. The van der Waals surface area contributed by atoms with Gasteiger partial charge in [-0.3, -0.25) is 0 Å². The minimum atomic E-state index is -0.290.